The van der Waals surface area contributed by atoms with Gasteiger partial charge in [0.25, 0.3) is 0 Å². The highest BCUT2D eigenvalue weighted by atomic mass is 16.2. The quantitative estimate of drug-likeness (QED) is 0.850. The summed E-state index contributed by atoms with van der Waals surface area (Å²) in [7, 11) is 0. The van der Waals surface area contributed by atoms with Crippen LogP contribution < -0.4 is 5.32 Å². The maximum Gasteiger partial charge on any atom is 0.228 e. The summed E-state index contributed by atoms with van der Waals surface area (Å²) < 4.78 is 0. The Morgan fingerprint density at radius 1 is 1.36 bits per heavy atom. The first-order valence-corrected chi connectivity index (χ1v) is 7.70. The second kappa shape index (κ2) is 6.77. The van der Waals surface area contributed by atoms with E-state index in [0.717, 1.165) is 5.56 Å². The molecule has 1 aromatic carbocycles. The number of hydrogen-bond donors (Lipinski definition) is 1. The van der Waals surface area contributed by atoms with Gasteiger partial charge in [-0.2, -0.15) is 0 Å². The van der Waals surface area contributed by atoms with Gasteiger partial charge in [-0.05, 0) is 19.4 Å². The number of rotatable bonds is 5. The molecule has 4 nitrogen and oxygen atoms in total. The molecule has 0 radical (unpaired) electrons. The second-order valence-corrected chi connectivity index (χ2v) is 5.99. The Morgan fingerprint density at radius 3 is 2.55 bits per heavy atom. The van der Waals surface area contributed by atoms with Crippen LogP contribution in [0.3, 0.4) is 0 Å². The molecule has 1 fully saturated rings. The van der Waals surface area contributed by atoms with Crippen LogP contribution in [0.2, 0.25) is 0 Å². The molecule has 1 N–H and O–H groups in total. The molecule has 1 aliphatic heterocycles. The Morgan fingerprint density at radius 2 is 2.00 bits per heavy atom. The van der Waals surface area contributed by atoms with E-state index in [9.17, 15) is 9.59 Å². The highest BCUT2D eigenvalue weighted by Crippen LogP contribution is 2.34. The first-order valence-electron chi connectivity index (χ1n) is 7.70. The van der Waals surface area contributed by atoms with E-state index in [-0.39, 0.29) is 35.7 Å². The van der Waals surface area contributed by atoms with Crippen molar-refractivity contribution in [1.29, 1.82) is 0 Å². The summed E-state index contributed by atoms with van der Waals surface area (Å²) in [5, 5.41) is 2.84. The van der Waals surface area contributed by atoms with Gasteiger partial charge in [-0.3, -0.25) is 9.59 Å². The molecule has 1 heterocycles. The molecule has 1 aliphatic rings. The van der Waals surface area contributed by atoms with E-state index < -0.39 is 0 Å². The first kappa shape index (κ1) is 16.3. The molecule has 0 aromatic heterocycles. The van der Waals surface area contributed by atoms with E-state index in [2.05, 4.69) is 11.9 Å². The summed E-state index contributed by atoms with van der Waals surface area (Å²) in [6.45, 7) is 9.91. The number of carbonyl (C=O) groups excluding carboxylic acids is 2. The number of hydrogen-bond acceptors (Lipinski definition) is 2. The van der Waals surface area contributed by atoms with Crippen LogP contribution >= 0.6 is 0 Å². The molecule has 0 saturated carbocycles. The van der Waals surface area contributed by atoms with Gasteiger partial charge >= 0.3 is 0 Å². The van der Waals surface area contributed by atoms with E-state index >= 15 is 0 Å². The Labute approximate surface area is 132 Å². The number of benzene rings is 1. The van der Waals surface area contributed by atoms with Gasteiger partial charge in [0.15, 0.2) is 0 Å². The maximum absolute atomic E-state index is 12.8. The van der Waals surface area contributed by atoms with E-state index in [1.54, 1.807) is 0 Å². The van der Waals surface area contributed by atoms with Crippen LogP contribution in [0, 0.1) is 11.8 Å². The molecule has 1 aromatic rings. The Balaban J connectivity index is 2.20. The SMILES string of the molecule is C=C[C@@H]1CN([C@H](C)c2ccccc2)C(=O)[C@H]1[C@H](C)NC(C)=O. The van der Waals surface area contributed by atoms with Crippen molar-refractivity contribution < 1.29 is 9.59 Å². The average molecular weight is 300 g/mol. The summed E-state index contributed by atoms with van der Waals surface area (Å²) in [6.07, 6.45) is 1.83. The standard InChI is InChI=1S/C18H24N2O2/c1-5-15-11-20(13(3)16-9-7-6-8-10-16)18(22)17(15)12(2)19-14(4)21/h5-10,12-13,15,17H,1,11H2,2-4H3,(H,19,21)/t12-,13+,15+,17-/m0/s1. The number of nitrogens with one attached hydrogen (secondary N) is 1. The van der Waals surface area contributed by atoms with E-state index in [4.69, 9.17) is 0 Å². The summed E-state index contributed by atoms with van der Waals surface area (Å²) in [6, 6.07) is 9.82. The summed E-state index contributed by atoms with van der Waals surface area (Å²) in [5.41, 5.74) is 1.12. The van der Waals surface area contributed by atoms with Crippen LogP contribution in [-0.4, -0.2) is 29.3 Å². The van der Waals surface area contributed by atoms with E-state index in [1.165, 1.54) is 6.92 Å². The zero-order valence-electron chi connectivity index (χ0n) is 13.5. The lowest BCUT2D eigenvalue weighted by Crippen LogP contribution is -2.42. The third-order valence-corrected chi connectivity index (χ3v) is 4.46. The lowest BCUT2D eigenvalue weighted by Gasteiger charge is -2.26. The number of likely N-dealkylation sites (tertiary alicyclic amines) is 1. The van der Waals surface area contributed by atoms with Crippen LogP contribution in [0.1, 0.15) is 32.4 Å². The molecular weight excluding hydrogens is 276 g/mol. The van der Waals surface area contributed by atoms with Crippen molar-refractivity contribution in [3.63, 3.8) is 0 Å². The summed E-state index contributed by atoms with van der Waals surface area (Å²) in [5.74, 6) is -0.215. The first-order chi connectivity index (χ1) is 10.5. The fraction of sp³-hybridized carbons (Fsp3) is 0.444. The van der Waals surface area contributed by atoms with Gasteiger partial charge < -0.3 is 10.2 Å². The Bertz CT molecular complexity index is 555. The molecule has 0 aliphatic carbocycles. The van der Waals surface area contributed by atoms with Gasteiger partial charge in [0.1, 0.15) is 0 Å². The predicted molar refractivity (Wildman–Crippen MR) is 87.0 cm³/mol. The van der Waals surface area contributed by atoms with Gasteiger partial charge in [-0.15, -0.1) is 6.58 Å². The van der Waals surface area contributed by atoms with E-state index in [0.29, 0.717) is 6.54 Å². The maximum atomic E-state index is 12.8. The van der Waals surface area contributed by atoms with E-state index in [1.807, 2.05) is 55.2 Å². The Kier molecular flexibility index (Phi) is 5.01. The summed E-state index contributed by atoms with van der Waals surface area (Å²) in [4.78, 5) is 26.0. The zero-order valence-corrected chi connectivity index (χ0v) is 13.5. The topological polar surface area (TPSA) is 49.4 Å². The highest BCUT2D eigenvalue weighted by Gasteiger charge is 2.43. The molecule has 4 heteroatoms. The minimum atomic E-state index is -0.243. The van der Waals surface area contributed by atoms with Crippen molar-refractivity contribution in [3.05, 3.63) is 48.6 Å². The van der Waals surface area contributed by atoms with Gasteiger partial charge in [0.05, 0.1) is 12.0 Å². The van der Waals surface area contributed by atoms with Crippen molar-refractivity contribution in [2.24, 2.45) is 11.8 Å². The molecule has 2 amide bonds. The van der Waals surface area contributed by atoms with Crippen LogP contribution in [0.15, 0.2) is 43.0 Å². The molecule has 0 unspecified atom stereocenters. The number of nitrogens with zero attached hydrogens (tertiary/aromatic N) is 1. The molecular formula is C18H24N2O2. The highest BCUT2D eigenvalue weighted by molar-refractivity contribution is 5.84. The second-order valence-electron chi connectivity index (χ2n) is 5.99. The molecule has 4 atom stereocenters. The largest absolute Gasteiger partial charge is 0.353 e. The predicted octanol–water partition coefficient (Wildman–Crippen LogP) is 2.53. The molecule has 1 saturated heterocycles. The normalized spacial score (nSPS) is 24.0. The molecule has 0 bridgehead atoms. The van der Waals surface area contributed by atoms with Gasteiger partial charge in [0, 0.05) is 25.4 Å². The van der Waals surface area contributed by atoms with Crippen LogP contribution in [0.25, 0.3) is 0 Å². The van der Waals surface area contributed by atoms with Crippen molar-refractivity contribution >= 4 is 11.8 Å². The minimum Gasteiger partial charge on any atom is -0.353 e. The fourth-order valence-corrected chi connectivity index (χ4v) is 3.28. The lowest BCUT2D eigenvalue weighted by atomic mass is 9.89. The van der Waals surface area contributed by atoms with Gasteiger partial charge in [0.2, 0.25) is 11.8 Å². The van der Waals surface area contributed by atoms with Gasteiger partial charge in [-0.1, -0.05) is 36.4 Å². The molecule has 22 heavy (non-hydrogen) atoms. The van der Waals surface area contributed by atoms with Crippen molar-refractivity contribution in [3.8, 4) is 0 Å². The smallest absolute Gasteiger partial charge is 0.228 e. The number of amides is 2. The zero-order chi connectivity index (χ0) is 16.3. The average Bonchev–Trinajstić information content (AvgIpc) is 2.83. The third-order valence-electron chi connectivity index (χ3n) is 4.46. The third kappa shape index (κ3) is 3.21. The molecule has 2 rings (SSSR count). The van der Waals surface area contributed by atoms with Crippen molar-refractivity contribution in [1.82, 2.24) is 10.2 Å². The monoisotopic (exact) mass is 300 g/mol. The fourth-order valence-electron chi connectivity index (χ4n) is 3.28. The summed E-state index contributed by atoms with van der Waals surface area (Å²) >= 11 is 0. The lowest BCUT2D eigenvalue weighted by molar-refractivity contribution is -0.133. The van der Waals surface area contributed by atoms with Crippen molar-refractivity contribution in [2.75, 3.05) is 6.54 Å². The van der Waals surface area contributed by atoms with Crippen LogP contribution in [0.4, 0.5) is 0 Å². The van der Waals surface area contributed by atoms with Gasteiger partial charge in [-0.25, -0.2) is 0 Å². The molecule has 118 valence electrons. The molecule has 0 spiro atoms. The Hall–Kier alpha value is -2.10. The van der Waals surface area contributed by atoms with Crippen molar-refractivity contribution in [2.45, 2.75) is 32.9 Å². The number of carbonyl (C=O) groups is 2. The van der Waals surface area contributed by atoms with Crippen LogP contribution in [-0.2, 0) is 9.59 Å². The van der Waals surface area contributed by atoms with Crippen LogP contribution in [0.5, 0.6) is 0 Å². The minimum absolute atomic E-state index is 0.0191.